The number of hydrogen-bond acceptors (Lipinski definition) is 4. The molecule has 0 saturated heterocycles. The van der Waals surface area contributed by atoms with Crippen molar-refractivity contribution in [1.29, 1.82) is 0 Å². The van der Waals surface area contributed by atoms with Crippen molar-refractivity contribution in [2.24, 2.45) is 0 Å². The molecule has 0 aliphatic heterocycles. The number of rotatable bonds is 10. The van der Waals surface area contributed by atoms with E-state index in [0.29, 0.717) is 6.07 Å². The van der Waals surface area contributed by atoms with Crippen LogP contribution in [0.2, 0.25) is 0 Å². The van der Waals surface area contributed by atoms with Crippen molar-refractivity contribution in [2.45, 2.75) is 31.0 Å². The molecule has 0 radical (unpaired) electrons. The van der Waals surface area contributed by atoms with Crippen LogP contribution < -0.4 is 10.0 Å². The number of carbonyl (C=O) groups is 1. The van der Waals surface area contributed by atoms with Crippen LogP contribution in [0.1, 0.15) is 31.0 Å². The number of alkyl halides is 3. The normalized spacial score (nSPS) is 13.2. The summed E-state index contributed by atoms with van der Waals surface area (Å²) in [6.45, 7) is 5.20. The topological polar surface area (TPSA) is 78.5 Å². The molecule has 2 N–H and O–H groups in total. The predicted molar refractivity (Wildman–Crippen MR) is 112 cm³/mol. The molecule has 2 aromatic carbocycles. The third kappa shape index (κ3) is 7.05. The maximum absolute atomic E-state index is 12.8. The quantitative estimate of drug-likeness (QED) is 0.575. The number of sulfonamides is 1. The maximum atomic E-state index is 12.8. The smallest absolute Gasteiger partial charge is 0.353 e. The summed E-state index contributed by atoms with van der Waals surface area (Å²) in [6, 6.07) is 12.9. The Bertz CT molecular complexity index is 963. The predicted octanol–water partition coefficient (Wildman–Crippen LogP) is 3.18. The minimum atomic E-state index is -4.67. The van der Waals surface area contributed by atoms with E-state index >= 15 is 0 Å². The van der Waals surface area contributed by atoms with Gasteiger partial charge in [0.25, 0.3) is 0 Å². The molecule has 0 aliphatic carbocycles. The standard InChI is InChI=1S/C21H26F3N3O3S/c1-3-27(4-2)19(16-9-6-5-7-10-16)14-25-20(28)15-26-31(29,30)18-12-8-11-17(13-18)21(22,23)24/h5-13,19,26H,3-4,14-15H2,1-2H3,(H,25,28). The number of nitrogens with zero attached hydrogens (tertiary/aromatic N) is 1. The Morgan fingerprint density at radius 2 is 1.68 bits per heavy atom. The van der Waals surface area contributed by atoms with E-state index in [0.717, 1.165) is 36.9 Å². The Hall–Kier alpha value is -2.43. The van der Waals surface area contributed by atoms with Crippen LogP contribution >= 0.6 is 0 Å². The molecule has 0 heterocycles. The summed E-state index contributed by atoms with van der Waals surface area (Å²) in [6.07, 6.45) is -4.67. The molecule has 0 aromatic heterocycles. The van der Waals surface area contributed by atoms with E-state index in [-0.39, 0.29) is 12.6 Å². The molecule has 170 valence electrons. The fourth-order valence-corrected chi connectivity index (χ4v) is 4.18. The number of likely N-dealkylation sites (N-methyl/N-ethyl adjacent to an activating group) is 1. The molecule has 6 nitrogen and oxygen atoms in total. The summed E-state index contributed by atoms with van der Waals surface area (Å²) >= 11 is 0. The van der Waals surface area contributed by atoms with Gasteiger partial charge in [0.1, 0.15) is 0 Å². The zero-order valence-electron chi connectivity index (χ0n) is 17.3. The molecule has 10 heteroatoms. The first-order valence-electron chi connectivity index (χ1n) is 9.81. The van der Waals surface area contributed by atoms with Crippen LogP contribution in [0.15, 0.2) is 59.5 Å². The van der Waals surface area contributed by atoms with Crippen molar-refractivity contribution in [3.63, 3.8) is 0 Å². The molecule has 2 rings (SSSR count). The van der Waals surface area contributed by atoms with Crippen LogP contribution in [0.5, 0.6) is 0 Å². The first-order valence-corrected chi connectivity index (χ1v) is 11.3. The van der Waals surface area contributed by atoms with Gasteiger partial charge < -0.3 is 5.32 Å². The Kier molecular flexibility index (Phi) is 8.60. The highest BCUT2D eigenvalue weighted by Crippen LogP contribution is 2.30. The Morgan fingerprint density at radius 1 is 1.03 bits per heavy atom. The van der Waals surface area contributed by atoms with Crippen LogP contribution in [0.25, 0.3) is 0 Å². The van der Waals surface area contributed by atoms with Gasteiger partial charge in [0, 0.05) is 6.54 Å². The van der Waals surface area contributed by atoms with Crippen LogP contribution in [0.3, 0.4) is 0 Å². The summed E-state index contributed by atoms with van der Waals surface area (Å²) < 4.78 is 65.2. The van der Waals surface area contributed by atoms with Gasteiger partial charge in [-0.2, -0.15) is 13.2 Å². The lowest BCUT2D eigenvalue weighted by Crippen LogP contribution is -2.42. The van der Waals surface area contributed by atoms with Crippen LogP contribution in [-0.4, -0.2) is 45.4 Å². The van der Waals surface area contributed by atoms with E-state index in [9.17, 15) is 26.4 Å². The number of nitrogens with one attached hydrogen (secondary N) is 2. The molecule has 0 saturated carbocycles. The highest BCUT2D eigenvalue weighted by atomic mass is 32.2. The van der Waals surface area contributed by atoms with Crippen molar-refractivity contribution in [3.05, 3.63) is 65.7 Å². The van der Waals surface area contributed by atoms with Gasteiger partial charge in [0.2, 0.25) is 15.9 Å². The number of hydrogen-bond donors (Lipinski definition) is 2. The largest absolute Gasteiger partial charge is 0.416 e. The highest BCUT2D eigenvalue weighted by molar-refractivity contribution is 7.89. The molecule has 0 bridgehead atoms. The zero-order valence-corrected chi connectivity index (χ0v) is 18.1. The third-order valence-electron chi connectivity index (χ3n) is 4.82. The second-order valence-corrected chi connectivity index (χ2v) is 8.57. The zero-order chi connectivity index (χ0) is 23.1. The van der Waals surface area contributed by atoms with E-state index in [2.05, 4.69) is 14.9 Å². The lowest BCUT2D eigenvalue weighted by atomic mass is 10.1. The molecule has 1 amide bonds. The minimum Gasteiger partial charge on any atom is -0.353 e. The lowest BCUT2D eigenvalue weighted by Gasteiger charge is -2.30. The highest BCUT2D eigenvalue weighted by Gasteiger charge is 2.31. The van der Waals surface area contributed by atoms with Gasteiger partial charge in [-0.05, 0) is 36.9 Å². The molecule has 2 aromatic rings. The van der Waals surface area contributed by atoms with Gasteiger partial charge >= 0.3 is 6.18 Å². The molecule has 31 heavy (non-hydrogen) atoms. The van der Waals surface area contributed by atoms with Crippen molar-refractivity contribution >= 4 is 15.9 Å². The van der Waals surface area contributed by atoms with Gasteiger partial charge in [-0.15, -0.1) is 0 Å². The molecule has 0 aliphatic rings. The summed E-state index contributed by atoms with van der Waals surface area (Å²) in [5.74, 6) is -0.580. The Morgan fingerprint density at radius 3 is 2.26 bits per heavy atom. The van der Waals surface area contributed by atoms with E-state index < -0.39 is 39.1 Å². The number of halogens is 3. The van der Waals surface area contributed by atoms with Gasteiger partial charge in [0.05, 0.1) is 23.0 Å². The molecule has 1 atom stereocenters. The minimum absolute atomic E-state index is 0.0970. The molecule has 0 fully saturated rings. The lowest BCUT2D eigenvalue weighted by molar-refractivity contribution is -0.137. The molecular formula is C21H26F3N3O3S. The van der Waals surface area contributed by atoms with Crippen molar-refractivity contribution < 1.29 is 26.4 Å². The second kappa shape index (κ2) is 10.7. The average Bonchev–Trinajstić information content (AvgIpc) is 2.75. The van der Waals surface area contributed by atoms with Crippen molar-refractivity contribution in [3.8, 4) is 0 Å². The van der Waals surface area contributed by atoms with Gasteiger partial charge in [-0.25, -0.2) is 13.1 Å². The third-order valence-corrected chi connectivity index (χ3v) is 6.22. The number of amides is 1. The Labute approximate surface area is 180 Å². The van der Waals surface area contributed by atoms with E-state index in [4.69, 9.17) is 0 Å². The van der Waals surface area contributed by atoms with E-state index in [1.165, 1.54) is 0 Å². The summed E-state index contributed by atoms with van der Waals surface area (Å²) in [5.41, 5.74) is -0.0687. The van der Waals surface area contributed by atoms with Crippen LogP contribution in [0, 0.1) is 0 Å². The van der Waals surface area contributed by atoms with Gasteiger partial charge in [0.15, 0.2) is 0 Å². The fraction of sp³-hybridized carbons (Fsp3) is 0.381. The summed E-state index contributed by atoms with van der Waals surface area (Å²) in [7, 11) is -4.28. The SMILES string of the molecule is CCN(CC)C(CNC(=O)CNS(=O)(=O)c1cccc(C(F)(F)F)c1)c1ccccc1. The fourth-order valence-electron chi connectivity index (χ4n) is 3.15. The molecule has 1 unspecified atom stereocenters. The van der Waals surface area contributed by atoms with Gasteiger partial charge in [-0.3, -0.25) is 9.69 Å². The average molecular weight is 458 g/mol. The van der Waals surface area contributed by atoms with Crippen LogP contribution in [0.4, 0.5) is 13.2 Å². The number of carbonyl (C=O) groups excluding carboxylic acids is 1. The molecular weight excluding hydrogens is 431 g/mol. The monoisotopic (exact) mass is 457 g/mol. The summed E-state index contributed by atoms with van der Waals surface area (Å²) in [5, 5.41) is 2.70. The molecule has 0 spiro atoms. The van der Waals surface area contributed by atoms with Crippen LogP contribution in [-0.2, 0) is 21.0 Å². The second-order valence-electron chi connectivity index (χ2n) is 6.80. The first-order chi connectivity index (χ1) is 14.6. The Balaban J connectivity index is 2.02. The number of benzene rings is 2. The van der Waals surface area contributed by atoms with Crippen molar-refractivity contribution in [1.82, 2.24) is 14.9 Å². The van der Waals surface area contributed by atoms with Gasteiger partial charge in [-0.1, -0.05) is 50.2 Å². The maximum Gasteiger partial charge on any atom is 0.416 e. The first kappa shape index (κ1) is 24.8. The summed E-state index contributed by atoms with van der Waals surface area (Å²) in [4.78, 5) is 13.8. The van der Waals surface area contributed by atoms with E-state index in [1.807, 2.05) is 44.2 Å². The van der Waals surface area contributed by atoms with Crippen molar-refractivity contribution in [2.75, 3.05) is 26.2 Å². The van der Waals surface area contributed by atoms with E-state index in [1.54, 1.807) is 0 Å².